The topological polar surface area (TPSA) is 41.1 Å². The van der Waals surface area contributed by atoms with Crippen molar-refractivity contribution in [1.82, 2.24) is 10.6 Å². The average Bonchev–Trinajstić information content (AvgIpc) is 2.70. The summed E-state index contributed by atoms with van der Waals surface area (Å²) in [7, 11) is 0. The highest BCUT2D eigenvalue weighted by Crippen LogP contribution is 2.18. The molecule has 2 amide bonds. The largest absolute Gasteiger partial charge is 0.335 e. The molecule has 1 aliphatic rings. The normalized spacial score (nSPS) is 16.4. The van der Waals surface area contributed by atoms with Crippen molar-refractivity contribution in [1.29, 1.82) is 0 Å². The van der Waals surface area contributed by atoms with Crippen molar-refractivity contribution in [2.24, 2.45) is 0 Å². The van der Waals surface area contributed by atoms with Crippen LogP contribution in [0.5, 0.6) is 0 Å². The summed E-state index contributed by atoms with van der Waals surface area (Å²) in [6.07, 6.45) is 7.38. The Balaban J connectivity index is 2.29. The van der Waals surface area contributed by atoms with E-state index in [1.165, 1.54) is 0 Å². The van der Waals surface area contributed by atoms with Gasteiger partial charge in [-0.2, -0.15) is 0 Å². The van der Waals surface area contributed by atoms with E-state index in [0.29, 0.717) is 6.04 Å². The first-order chi connectivity index (χ1) is 5.53. The second kappa shape index (κ2) is 3.06. The van der Waals surface area contributed by atoms with E-state index in [9.17, 15) is 4.79 Å². The Bertz CT molecular complexity index is 223. The van der Waals surface area contributed by atoms with Gasteiger partial charge in [-0.1, -0.05) is 5.92 Å². The minimum absolute atomic E-state index is 0.166. The lowest BCUT2D eigenvalue weighted by molar-refractivity contribution is 0.235. The Morgan fingerprint density at radius 2 is 2.17 bits per heavy atom. The fourth-order valence-corrected chi connectivity index (χ4v) is 0.769. The van der Waals surface area contributed by atoms with E-state index < -0.39 is 5.54 Å². The first-order valence-electron chi connectivity index (χ1n) is 4.10. The van der Waals surface area contributed by atoms with E-state index in [4.69, 9.17) is 6.42 Å². The molecule has 1 rings (SSSR count). The Labute approximate surface area is 72.9 Å². The number of carbonyl (C=O) groups is 1. The number of carbonyl (C=O) groups excluding carboxylic acids is 1. The molecule has 0 spiro atoms. The molecule has 0 radical (unpaired) electrons. The van der Waals surface area contributed by atoms with Crippen LogP contribution in [0.4, 0.5) is 4.79 Å². The van der Waals surface area contributed by atoms with E-state index >= 15 is 0 Å². The molecule has 1 aliphatic carbocycles. The van der Waals surface area contributed by atoms with Gasteiger partial charge in [0.15, 0.2) is 0 Å². The summed E-state index contributed by atoms with van der Waals surface area (Å²) < 4.78 is 0. The molecular weight excluding hydrogens is 152 g/mol. The van der Waals surface area contributed by atoms with Gasteiger partial charge in [-0.15, -0.1) is 6.42 Å². The number of hydrogen-bond donors (Lipinski definition) is 2. The monoisotopic (exact) mass is 166 g/mol. The number of rotatable bonds is 2. The Kier molecular flexibility index (Phi) is 2.27. The lowest BCUT2D eigenvalue weighted by Crippen LogP contribution is -2.48. The lowest BCUT2D eigenvalue weighted by atomic mass is 10.1. The molecule has 0 aromatic carbocycles. The summed E-state index contributed by atoms with van der Waals surface area (Å²) in [5, 5.41) is 5.49. The number of hydrogen-bond acceptors (Lipinski definition) is 1. The third-order valence-electron chi connectivity index (χ3n) is 1.70. The molecule has 66 valence electrons. The zero-order chi connectivity index (χ0) is 9.19. The first-order valence-corrected chi connectivity index (χ1v) is 4.10. The number of terminal acetylenes is 1. The van der Waals surface area contributed by atoms with Gasteiger partial charge in [0.05, 0.1) is 5.54 Å². The number of nitrogens with one attached hydrogen (secondary N) is 2. The van der Waals surface area contributed by atoms with Crippen LogP contribution < -0.4 is 10.6 Å². The van der Waals surface area contributed by atoms with Gasteiger partial charge in [-0.05, 0) is 26.7 Å². The lowest BCUT2D eigenvalue weighted by Gasteiger charge is -2.19. The van der Waals surface area contributed by atoms with Crippen molar-refractivity contribution in [3.63, 3.8) is 0 Å². The third-order valence-corrected chi connectivity index (χ3v) is 1.70. The molecule has 3 heteroatoms. The van der Waals surface area contributed by atoms with Crippen LogP contribution in [0.3, 0.4) is 0 Å². The van der Waals surface area contributed by atoms with Crippen molar-refractivity contribution in [3.8, 4) is 12.3 Å². The van der Waals surface area contributed by atoms with Crippen LogP contribution in [-0.2, 0) is 0 Å². The Morgan fingerprint density at radius 3 is 2.58 bits per heavy atom. The smallest absolute Gasteiger partial charge is 0.316 e. The van der Waals surface area contributed by atoms with Crippen LogP contribution in [-0.4, -0.2) is 17.6 Å². The molecule has 2 N–H and O–H groups in total. The summed E-state index contributed by atoms with van der Waals surface area (Å²) in [6.45, 7) is 3.58. The maximum absolute atomic E-state index is 11.2. The van der Waals surface area contributed by atoms with Gasteiger partial charge >= 0.3 is 6.03 Å². The van der Waals surface area contributed by atoms with Crippen LogP contribution in [0, 0.1) is 12.3 Å². The van der Waals surface area contributed by atoms with Gasteiger partial charge in [-0.25, -0.2) is 4.79 Å². The standard InChI is InChI=1S/C9H14N2O/c1-4-9(2,3)11-8(12)10-7-5-6-7/h1,7H,5-6H2,2-3H3,(H2,10,11,12). The molecule has 0 aromatic rings. The molecule has 0 bridgehead atoms. The molecular formula is C9H14N2O. The summed E-state index contributed by atoms with van der Waals surface area (Å²) in [6, 6.07) is 0.207. The fraction of sp³-hybridized carbons (Fsp3) is 0.667. The quantitative estimate of drug-likeness (QED) is 0.587. The summed E-state index contributed by atoms with van der Waals surface area (Å²) in [4.78, 5) is 11.2. The molecule has 12 heavy (non-hydrogen) atoms. The molecule has 1 saturated carbocycles. The van der Waals surface area contributed by atoms with E-state index in [-0.39, 0.29) is 6.03 Å². The molecule has 0 heterocycles. The van der Waals surface area contributed by atoms with Gasteiger partial charge in [0.2, 0.25) is 0 Å². The molecule has 0 saturated heterocycles. The van der Waals surface area contributed by atoms with E-state index in [2.05, 4.69) is 16.6 Å². The minimum Gasteiger partial charge on any atom is -0.335 e. The van der Waals surface area contributed by atoms with E-state index in [0.717, 1.165) is 12.8 Å². The molecule has 0 aliphatic heterocycles. The van der Waals surface area contributed by atoms with Crippen LogP contribution in [0.1, 0.15) is 26.7 Å². The zero-order valence-corrected chi connectivity index (χ0v) is 7.48. The van der Waals surface area contributed by atoms with E-state index in [1.54, 1.807) is 13.8 Å². The SMILES string of the molecule is C#CC(C)(C)NC(=O)NC1CC1. The average molecular weight is 166 g/mol. The summed E-state index contributed by atoms with van der Waals surface area (Å²) in [5.41, 5.74) is -0.557. The van der Waals surface area contributed by atoms with Gasteiger partial charge in [0.25, 0.3) is 0 Å². The maximum Gasteiger partial charge on any atom is 0.316 e. The van der Waals surface area contributed by atoms with Crippen LogP contribution in [0.15, 0.2) is 0 Å². The number of urea groups is 1. The molecule has 0 unspecified atom stereocenters. The predicted octanol–water partition coefficient (Wildman–Crippen LogP) is 0.860. The summed E-state index contributed by atoms with van der Waals surface area (Å²) in [5.74, 6) is 2.49. The maximum atomic E-state index is 11.2. The molecule has 3 nitrogen and oxygen atoms in total. The molecule has 0 atom stereocenters. The zero-order valence-electron chi connectivity index (χ0n) is 7.48. The highest BCUT2D eigenvalue weighted by Gasteiger charge is 2.25. The molecule has 1 fully saturated rings. The second-order valence-electron chi connectivity index (χ2n) is 3.64. The van der Waals surface area contributed by atoms with Crippen LogP contribution >= 0.6 is 0 Å². The summed E-state index contributed by atoms with van der Waals surface area (Å²) >= 11 is 0. The van der Waals surface area contributed by atoms with Crippen molar-refractivity contribution in [3.05, 3.63) is 0 Å². The van der Waals surface area contributed by atoms with Crippen molar-refractivity contribution >= 4 is 6.03 Å². The Hall–Kier alpha value is -1.17. The Morgan fingerprint density at radius 1 is 1.58 bits per heavy atom. The fourth-order valence-electron chi connectivity index (χ4n) is 0.769. The molecule has 0 aromatic heterocycles. The minimum atomic E-state index is -0.557. The third kappa shape index (κ3) is 2.83. The highest BCUT2D eigenvalue weighted by atomic mass is 16.2. The first kappa shape index (κ1) is 8.92. The van der Waals surface area contributed by atoms with Gasteiger partial charge in [0.1, 0.15) is 0 Å². The predicted molar refractivity (Wildman–Crippen MR) is 47.6 cm³/mol. The van der Waals surface area contributed by atoms with Gasteiger partial charge in [0, 0.05) is 6.04 Å². The van der Waals surface area contributed by atoms with Crippen molar-refractivity contribution in [2.75, 3.05) is 0 Å². The number of amides is 2. The van der Waals surface area contributed by atoms with Crippen molar-refractivity contribution in [2.45, 2.75) is 38.3 Å². The van der Waals surface area contributed by atoms with Crippen LogP contribution in [0.25, 0.3) is 0 Å². The van der Waals surface area contributed by atoms with Crippen LogP contribution in [0.2, 0.25) is 0 Å². The second-order valence-corrected chi connectivity index (χ2v) is 3.64. The van der Waals surface area contributed by atoms with Crippen molar-refractivity contribution < 1.29 is 4.79 Å². The van der Waals surface area contributed by atoms with E-state index in [1.807, 2.05) is 0 Å². The van der Waals surface area contributed by atoms with Gasteiger partial charge < -0.3 is 10.6 Å². The van der Waals surface area contributed by atoms with Gasteiger partial charge in [-0.3, -0.25) is 0 Å². The highest BCUT2D eigenvalue weighted by molar-refractivity contribution is 5.75.